The molecule has 5 nitrogen and oxygen atoms in total. The maximum Gasteiger partial charge on any atom is 0.253 e. The third-order valence-electron chi connectivity index (χ3n) is 2.23. The molecule has 18 heavy (non-hydrogen) atoms. The van der Waals surface area contributed by atoms with Crippen LogP contribution in [0.5, 0.6) is 0 Å². The molecule has 0 aliphatic rings. The molecule has 0 radical (unpaired) electrons. The van der Waals surface area contributed by atoms with Crippen molar-refractivity contribution in [1.82, 2.24) is 15.2 Å². The number of hydrogen-bond donors (Lipinski definition) is 2. The minimum absolute atomic E-state index is 0.277. The first-order chi connectivity index (χ1) is 8.31. The molecule has 0 amide bonds. The second-order valence-electron chi connectivity index (χ2n) is 4.67. The maximum absolute atomic E-state index is 12.0. The zero-order valence-electron chi connectivity index (χ0n) is 11.3. The van der Waals surface area contributed by atoms with E-state index in [2.05, 4.69) is 10.1 Å². The summed E-state index contributed by atoms with van der Waals surface area (Å²) in [4.78, 5) is 2.69. The molecular formula is C12H21N3O2S. The van der Waals surface area contributed by atoms with Crippen LogP contribution in [0.2, 0.25) is 0 Å². The Hall–Kier alpha value is -0.950. The fourth-order valence-electron chi connectivity index (χ4n) is 1.44. The molecule has 0 spiro atoms. The van der Waals surface area contributed by atoms with Crippen LogP contribution < -0.4 is 10.1 Å². The second kappa shape index (κ2) is 6.29. The van der Waals surface area contributed by atoms with Gasteiger partial charge in [-0.05, 0) is 17.7 Å². The van der Waals surface area contributed by atoms with E-state index in [4.69, 9.17) is 0 Å². The fraction of sp³-hybridized carbons (Fsp3) is 0.500. The average molecular weight is 271 g/mol. The van der Waals surface area contributed by atoms with Crippen molar-refractivity contribution in [2.75, 3.05) is 14.1 Å². The number of hydrazine groups is 1. The minimum atomic E-state index is -3.47. The largest absolute Gasteiger partial charge is 0.310 e. The molecule has 0 atom stereocenters. The van der Waals surface area contributed by atoms with Gasteiger partial charge in [-0.3, -0.25) is 0 Å². The topological polar surface area (TPSA) is 61.4 Å². The number of nitrogens with one attached hydrogen (secondary N) is 2. The Bertz CT molecular complexity index is 484. The molecule has 0 fully saturated rings. The van der Waals surface area contributed by atoms with Crippen molar-refractivity contribution in [3.8, 4) is 0 Å². The zero-order valence-corrected chi connectivity index (χ0v) is 12.1. The lowest BCUT2D eigenvalue weighted by Crippen LogP contribution is -2.36. The molecule has 1 aromatic rings. The lowest BCUT2D eigenvalue weighted by atomic mass is 10.2. The lowest BCUT2D eigenvalue weighted by Gasteiger charge is -2.13. The molecule has 1 rings (SSSR count). The second-order valence-corrected chi connectivity index (χ2v) is 6.33. The molecule has 0 bridgehead atoms. The molecule has 0 aliphatic carbocycles. The van der Waals surface area contributed by atoms with Crippen LogP contribution in [0.1, 0.15) is 19.4 Å². The summed E-state index contributed by atoms with van der Waals surface area (Å²) in [6.07, 6.45) is 0. The summed E-state index contributed by atoms with van der Waals surface area (Å²) in [5.41, 5.74) is 0.949. The van der Waals surface area contributed by atoms with Crippen molar-refractivity contribution in [2.45, 2.75) is 31.3 Å². The van der Waals surface area contributed by atoms with Crippen molar-refractivity contribution < 1.29 is 8.42 Å². The highest BCUT2D eigenvalue weighted by Crippen LogP contribution is 2.11. The predicted octanol–water partition coefficient (Wildman–Crippen LogP) is 0.939. The summed E-state index contributed by atoms with van der Waals surface area (Å²) in [5.74, 6) is 0. The summed E-state index contributed by atoms with van der Waals surface area (Å²) in [7, 11) is -0.191. The van der Waals surface area contributed by atoms with Gasteiger partial charge >= 0.3 is 0 Å². The Labute approximate surface area is 109 Å². The molecule has 102 valence electrons. The van der Waals surface area contributed by atoms with E-state index < -0.39 is 10.0 Å². The molecule has 0 aromatic heterocycles. The summed E-state index contributed by atoms with van der Waals surface area (Å²) < 4.78 is 23.9. The van der Waals surface area contributed by atoms with Crippen molar-refractivity contribution in [3.63, 3.8) is 0 Å². The van der Waals surface area contributed by atoms with Crippen molar-refractivity contribution in [1.29, 1.82) is 0 Å². The first-order valence-electron chi connectivity index (χ1n) is 5.83. The van der Waals surface area contributed by atoms with Gasteiger partial charge in [0.2, 0.25) is 0 Å². The molecule has 6 heteroatoms. The van der Waals surface area contributed by atoms with Crippen molar-refractivity contribution >= 4 is 10.0 Å². The summed E-state index contributed by atoms with van der Waals surface area (Å²) in [6.45, 7) is 4.76. The van der Waals surface area contributed by atoms with Crippen molar-refractivity contribution in [3.05, 3.63) is 29.8 Å². The number of nitrogens with zero attached hydrogens (tertiary/aromatic N) is 1. The quantitative estimate of drug-likeness (QED) is 0.756. The maximum atomic E-state index is 12.0. The van der Waals surface area contributed by atoms with Crippen LogP contribution in [0.15, 0.2) is 29.2 Å². The van der Waals surface area contributed by atoms with E-state index in [1.54, 1.807) is 32.3 Å². The van der Waals surface area contributed by atoms with Crippen LogP contribution in [0, 0.1) is 0 Å². The van der Waals surface area contributed by atoms with E-state index in [0.717, 1.165) is 5.56 Å². The molecule has 0 saturated carbocycles. The third-order valence-corrected chi connectivity index (χ3v) is 3.71. The first kappa shape index (κ1) is 15.1. The molecular weight excluding hydrogens is 250 g/mol. The number of sulfonamides is 1. The highest BCUT2D eigenvalue weighted by atomic mass is 32.2. The molecule has 0 unspecified atom stereocenters. The summed E-state index contributed by atoms with van der Waals surface area (Å²) in [5, 5.41) is 4.67. The Morgan fingerprint density at radius 1 is 1.28 bits per heavy atom. The van der Waals surface area contributed by atoms with E-state index >= 15 is 0 Å². The molecule has 0 aliphatic heterocycles. The highest BCUT2D eigenvalue weighted by Gasteiger charge is 2.14. The zero-order chi connectivity index (χ0) is 13.8. The van der Waals surface area contributed by atoms with Gasteiger partial charge in [-0.2, -0.15) is 0 Å². The standard InChI is InChI=1S/C12H21N3O2S/c1-10(2)13-9-11-6-5-7-12(8-11)18(16,17)14-15(3)4/h5-8,10,13-14H,9H2,1-4H3. The SMILES string of the molecule is CC(C)NCc1cccc(S(=O)(=O)NN(C)C)c1. The van der Waals surface area contributed by atoms with E-state index in [-0.39, 0.29) is 4.90 Å². The van der Waals surface area contributed by atoms with Crippen LogP contribution in [-0.4, -0.2) is 33.6 Å². The van der Waals surface area contributed by atoms with Gasteiger partial charge < -0.3 is 5.32 Å². The van der Waals surface area contributed by atoms with E-state index in [0.29, 0.717) is 12.6 Å². The number of rotatable bonds is 6. The van der Waals surface area contributed by atoms with E-state index in [1.807, 2.05) is 19.9 Å². The van der Waals surface area contributed by atoms with Crippen LogP contribution in [-0.2, 0) is 16.6 Å². The lowest BCUT2D eigenvalue weighted by molar-refractivity contribution is 0.364. The molecule has 2 N–H and O–H groups in total. The Morgan fingerprint density at radius 2 is 1.94 bits per heavy atom. The van der Waals surface area contributed by atoms with Gasteiger partial charge in [0.15, 0.2) is 0 Å². The summed E-state index contributed by atoms with van der Waals surface area (Å²) >= 11 is 0. The number of benzene rings is 1. The van der Waals surface area contributed by atoms with Gasteiger partial charge in [-0.15, -0.1) is 4.83 Å². The van der Waals surface area contributed by atoms with Gasteiger partial charge in [0.1, 0.15) is 0 Å². The van der Waals surface area contributed by atoms with Gasteiger partial charge in [-0.25, -0.2) is 13.4 Å². The third kappa shape index (κ3) is 4.73. The van der Waals surface area contributed by atoms with Crippen LogP contribution in [0.4, 0.5) is 0 Å². The summed E-state index contributed by atoms with van der Waals surface area (Å²) in [6, 6.07) is 7.29. The van der Waals surface area contributed by atoms with Gasteiger partial charge in [-0.1, -0.05) is 26.0 Å². The van der Waals surface area contributed by atoms with E-state index in [1.165, 1.54) is 5.01 Å². The fourth-order valence-corrected chi connectivity index (χ4v) is 2.59. The smallest absolute Gasteiger partial charge is 0.253 e. The molecule has 0 saturated heterocycles. The van der Waals surface area contributed by atoms with Gasteiger partial charge in [0, 0.05) is 26.7 Å². The highest BCUT2D eigenvalue weighted by molar-refractivity contribution is 7.89. The Morgan fingerprint density at radius 3 is 2.50 bits per heavy atom. The van der Waals surface area contributed by atoms with Gasteiger partial charge in [0.25, 0.3) is 10.0 Å². The Kier molecular flexibility index (Phi) is 5.28. The van der Waals surface area contributed by atoms with Crippen LogP contribution >= 0.6 is 0 Å². The monoisotopic (exact) mass is 271 g/mol. The van der Waals surface area contributed by atoms with Crippen molar-refractivity contribution in [2.24, 2.45) is 0 Å². The molecule has 0 heterocycles. The van der Waals surface area contributed by atoms with Crippen LogP contribution in [0.25, 0.3) is 0 Å². The number of hydrogen-bond acceptors (Lipinski definition) is 4. The average Bonchev–Trinajstić information content (AvgIpc) is 2.25. The first-order valence-corrected chi connectivity index (χ1v) is 7.31. The predicted molar refractivity (Wildman–Crippen MR) is 72.4 cm³/mol. The van der Waals surface area contributed by atoms with Gasteiger partial charge in [0.05, 0.1) is 4.90 Å². The Balaban J connectivity index is 2.88. The van der Waals surface area contributed by atoms with E-state index in [9.17, 15) is 8.42 Å². The minimum Gasteiger partial charge on any atom is -0.310 e. The molecule has 1 aromatic carbocycles. The normalized spacial score (nSPS) is 12.3. The van der Waals surface area contributed by atoms with Crippen LogP contribution in [0.3, 0.4) is 0 Å².